The molecule has 2 rings (SSSR count). The number of hydrogen-bond acceptors (Lipinski definition) is 4. The summed E-state index contributed by atoms with van der Waals surface area (Å²) in [7, 11) is -1.83. The molecule has 0 aromatic heterocycles. The van der Waals surface area contributed by atoms with Crippen LogP contribution in [0, 0.1) is 5.82 Å². The van der Waals surface area contributed by atoms with Gasteiger partial charge in [-0.05, 0) is 42.2 Å². The van der Waals surface area contributed by atoms with Crippen molar-refractivity contribution in [2.75, 3.05) is 24.6 Å². The van der Waals surface area contributed by atoms with Crippen LogP contribution >= 0.6 is 0 Å². The maximum Gasteiger partial charge on any atom is 0.414 e. The molecule has 0 aliphatic carbocycles. The molecule has 1 aromatic carbocycles. The van der Waals surface area contributed by atoms with Crippen molar-refractivity contribution in [2.24, 2.45) is 5.73 Å². The van der Waals surface area contributed by atoms with E-state index in [2.05, 4.69) is 33.9 Å². The molecule has 1 amide bonds. The van der Waals surface area contributed by atoms with E-state index in [4.69, 9.17) is 14.9 Å². The van der Waals surface area contributed by atoms with Crippen LogP contribution in [0.3, 0.4) is 0 Å². The van der Waals surface area contributed by atoms with Crippen molar-refractivity contribution in [2.45, 2.75) is 51.4 Å². The lowest BCUT2D eigenvalue weighted by molar-refractivity contribution is 0.145. The van der Waals surface area contributed by atoms with Crippen molar-refractivity contribution in [1.82, 2.24) is 0 Å². The van der Waals surface area contributed by atoms with E-state index in [-0.39, 0.29) is 23.5 Å². The third-order valence-corrected chi connectivity index (χ3v) is 9.66. The molecule has 1 aliphatic rings. The summed E-state index contributed by atoms with van der Waals surface area (Å²) in [6.45, 7) is 12.0. The highest BCUT2D eigenvalue weighted by Gasteiger charge is 2.37. The van der Waals surface area contributed by atoms with E-state index >= 15 is 0 Å². The minimum atomic E-state index is -1.83. The summed E-state index contributed by atoms with van der Waals surface area (Å²) in [6.07, 6.45) is -0.314. The highest BCUT2D eigenvalue weighted by molar-refractivity contribution is 6.74. The molecule has 2 N–H and O–H groups in total. The second kappa shape index (κ2) is 7.43. The van der Waals surface area contributed by atoms with Crippen LogP contribution < -0.4 is 10.6 Å². The fraction of sp³-hybridized carbons (Fsp3) is 0.611. The molecule has 7 heteroatoms. The van der Waals surface area contributed by atoms with Crippen LogP contribution in [-0.4, -0.2) is 40.2 Å². The van der Waals surface area contributed by atoms with Gasteiger partial charge in [0.2, 0.25) is 0 Å². The summed E-state index contributed by atoms with van der Waals surface area (Å²) in [5.41, 5.74) is 6.60. The zero-order valence-electron chi connectivity index (χ0n) is 15.8. The monoisotopic (exact) mass is 368 g/mol. The standard InChI is InChI=1S/C18H29FN2O3Si/c1-18(2,3)25(4,5)23-9-8-13-6-7-14(10-16(13)19)21-12-15(11-20)24-17(21)22/h6-7,10,15H,8-9,11-12,20H2,1-5H3/t15-/m0/s1. The SMILES string of the molecule is CC(C)(C)[Si](C)(C)OCCc1ccc(N2C[C@H](CN)OC2=O)cc1F. The van der Waals surface area contributed by atoms with Gasteiger partial charge in [0.15, 0.2) is 8.32 Å². The number of carbonyl (C=O) groups excluding carboxylic acids is 1. The number of amides is 1. The number of hydrogen-bond donors (Lipinski definition) is 1. The Kier molecular flexibility index (Phi) is 5.91. The van der Waals surface area contributed by atoms with Crippen LogP contribution in [-0.2, 0) is 15.6 Å². The number of ether oxygens (including phenoxy) is 1. The number of cyclic esters (lactones) is 1. The second-order valence-electron chi connectivity index (χ2n) is 7.99. The number of nitrogens with zero attached hydrogens (tertiary/aromatic N) is 1. The van der Waals surface area contributed by atoms with Crippen molar-refractivity contribution in [1.29, 1.82) is 0 Å². The molecule has 0 spiro atoms. The average molecular weight is 369 g/mol. The topological polar surface area (TPSA) is 64.8 Å². The maximum atomic E-state index is 14.4. The third-order valence-electron chi connectivity index (χ3n) is 5.13. The van der Waals surface area contributed by atoms with Crippen molar-refractivity contribution in [3.63, 3.8) is 0 Å². The summed E-state index contributed by atoms with van der Waals surface area (Å²) in [5.74, 6) is -0.333. The fourth-order valence-electron chi connectivity index (χ4n) is 2.39. The summed E-state index contributed by atoms with van der Waals surface area (Å²) in [6, 6.07) is 4.83. The number of rotatable bonds is 6. The minimum absolute atomic E-state index is 0.130. The molecular formula is C18H29FN2O3Si. The highest BCUT2D eigenvalue weighted by Crippen LogP contribution is 2.36. The van der Waals surface area contributed by atoms with E-state index in [9.17, 15) is 9.18 Å². The third kappa shape index (κ3) is 4.59. The first-order chi connectivity index (χ1) is 11.5. The fourth-order valence-corrected chi connectivity index (χ4v) is 3.44. The molecule has 1 atom stereocenters. The van der Waals surface area contributed by atoms with Crippen LogP contribution in [0.5, 0.6) is 0 Å². The van der Waals surface area contributed by atoms with E-state index in [1.165, 1.54) is 11.0 Å². The van der Waals surface area contributed by atoms with Crippen molar-refractivity contribution in [3.05, 3.63) is 29.6 Å². The van der Waals surface area contributed by atoms with E-state index < -0.39 is 14.4 Å². The molecule has 1 aliphatic heterocycles. The van der Waals surface area contributed by atoms with Gasteiger partial charge >= 0.3 is 6.09 Å². The Hall–Kier alpha value is -1.44. The molecular weight excluding hydrogens is 339 g/mol. The lowest BCUT2D eigenvalue weighted by atomic mass is 10.1. The van der Waals surface area contributed by atoms with Gasteiger partial charge in [0.25, 0.3) is 0 Å². The van der Waals surface area contributed by atoms with Gasteiger partial charge in [-0.2, -0.15) is 0 Å². The van der Waals surface area contributed by atoms with Gasteiger partial charge < -0.3 is 14.9 Å². The quantitative estimate of drug-likeness (QED) is 0.778. The second-order valence-corrected chi connectivity index (χ2v) is 12.8. The van der Waals surface area contributed by atoms with Gasteiger partial charge in [-0.25, -0.2) is 9.18 Å². The number of benzene rings is 1. The summed E-state index contributed by atoms with van der Waals surface area (Å²) >= 11 is 0. The largest absolute Gasteiger partial charge is 0.443 e. The van der Waals surface area contributed by atoms with Gasteiger partial charge in [0.05, 0.1) is 12.2 Å². The molecule has 0 radical (unpaired) electrons. The summed E-state index contributed by atoms with van der Waals surface area (Å²) in [4.78, 5) is 13.2. The van der Waals surface area contributed by atoms with Crippen LogP contribution in [0.15, 0.2) is 18.2 Å². The van der Waals surface area contributed by atoms with E-state index in [0.29, 0.717) is 30.8 Å². The molecule has 0 unspecified atom stereocenters. The maximum absolute atomic E-state index is 14.4. The Balaban J connectivity index is 2.00. The Labute approximate surface area is 150 Å². The van der Waals surface area contributed by atoms with Crippen LogP contribution in [0.4, 0.5) is 14.9 Å². The lowest BCUT2D eigenvalue weighted by Gasteiger charge is -2.36. The number of anilines is 1. The predicted octanol–water partition coefficient (Wildman–Crippen LogP) is 3.67. The van der Waals surface area contributed by atoms with E-state index in [1.807, 2.05) is 0 Å². The molecule has 0 bridgehead atoms. The number of nitrogens with two attached hydrogens (primary N) is 1. The van der Waals surface area contributed by atoms with Gasteiger partial charge in [0, 0.05) is 13.2 Å². The van der Waals surface area contributed by atoms with Crippen molar-refractivity contribution < 1.29 is 18.3 Å². The molecule has 1 aromatic rings. The van der Waals surface area contributed by atoms with Gasteiger partial charge in [-0.1, -0.05) is 26.8 Å². The van der Waals surface area contributed by atoms with Crippen LogP contribution in [0.1, 0.15) is 26.3 Å². The first-order valence-corrected chi connectivity index (χ1v) is 11.6. The zero-order chi connectivity index (χ0) is 18.8. The Morgan fingerprint density at radius 3 is 2.60 bits per heavy atom. The normalized spacial score (nSPS) is 18.6. The summed E-state index contributed by atoms with van der Waals surface area (Å²) in [5, 5.41) is 0.130. The Morgan fingerprint density at radius 1 is 1.40 bits per heavy atom. The smallest absolute Gasteiger partial charge is 0.414 e. The Bertz CT molecular complexity index is 631. The van der Waals surface area contributed by atoms with E-state index in [0.717, 1.165) is 0 Å². The molecule has 25 heavy (non-hydrogen) atoms. The molecule has 1 saturated heterocycles. The molecule has 5 nitrogen and oxygen atoms in total. The molecule has 1 fully saturated rings. The average Bonchev–Trinajstić information content (AvgIpc) is 2.88. The Morgan fingerprint density at radius 2 is 2.08 bits per heavy atom. The molecule has 140 valence electrons. The highest BCUT2D eigenvalue weighted by atomic mass is 28.4. The van der Waals surface area contributed by atoms with Gasteiger partial charge in [-0.3, -0.25) is 4.90 Å². The van der Waals surface area contributed by atoms with Crippen LogP contribution in [0.2, 0.25) is 18.1 Å². The van der Waals surface area contributed by atoms with Crippen molar-refractivity contribution >= 4 is 20.1 Å². The van der Waals surface area contributed by atoms with Crippen molar-refractivity contribution in [3.8, 4) is 0 Å². The molecule has 0 saturated carbocycles. The number of carbonyl (C=O) groups is 1. The predicted molar refractivity (Wildman–Crippen MR) is 99.9 cm³/mol. The first kappa shape index (κ1) is 19.9. The number of halogens is 1. The van der Waals surface area contributed by atoms with Gasteiger partial charge in [-0.15, -0.1) is 0 Å². The van der Waals surface area contributed by atoms with Gasteiger partial charge in [0.1, 0.15) is 11.9 Å². The van der Waals surface area contributed by atoms with E-state index in [1.54, 1.807) is 12.1 Å². The van der Waals surface area contributed by atoms with Crippen LogP contribution in [0.25, 0.3) is 0 Å². The molecule has 1 heterocycles. The first-order valence-electron chi connectivity index (χ1n) is 8.66. The summed E-state index contributed by atoms with van der Waals surface area (Å²) < 4.78 is 25.6. The lowest BCUT2D eigenvalue weighted by Crippen LogP contribution is -2.41. The zero-order valence-corrected chi connectivity index (χ0v) is 16.8. The minimum Gasteiger partial charge on any atom is -0.443 e.